The largest absolute Gasteiger partial charge is 0.383 e. The van der Waals surface area contributed by atoms with E-state index in [1.165, 1.54) is 12.1 Å². The molecular formula is C15H23F2NO. The van der Waals surface area contributed by atoms with E-state index >= 15 is 0 Å². The van der Waals surface area contributed by atoms with Crippen LogP contribution in [0.1, 0.15) is 19.4 Å². The number of halogens is 2. The highest BCUT2D eigenvalue weighted by Gasteiger charge is 2.16. The lowest BCUT2D eigenvalue weighted by Crippen LogP contribution is -2.30. The molecule has 0 aliphatic heterocycles. The summed E-state index contributed by atoms with van der Waals surface area (Å²) in [4.78, 5) is 0. The fourth-order valence-electron chi connectivity index (χ4n) is 1.99. The molecule has 0 fully saturated rings. The van der Waals surface area contributed by atoms with E-state index in [0.29, 0.717) is 24.5 Å². The summed E-state index contributed by atoms with van der Waals surface area (Å²) < 4.78 is 31.7. The molecule has 0 aliphatic carbocycles. The van der Waals surface area contributed by atoms with Gasteiger partial charge in [-0.15, -0.1) is 0 Å². The molecule has 0 heterocycles. The first-order chi connectivity index (χ1) is 9.04. The fourth-order valence-corrected chi connectivity index (χ4v) is 1.99. The lowest BCUT2D eigenvalue weighted by molar-refractivity contribution is 0.196. The van der Waals surface area contributed by atoms with Gasteiger partial charge in [0.1, 0.15) is 11.6 Å². The molecule has 2 nitrogen and oxygen atoms in total. The topological polar surface area (TPSA) is 21.3 Å². The maximum Gasteiger partial charge on any atom is 0.126 e. The smallest absolute Gasteiger partial charge is 0.126 e. The van der Waals surface area contributed by atoms with E-state index in [9.17, 15) is 8.78 Å². The van der Waals surface area contributed by atoms with Crippen molar-refractivity contribution >= 4 is 0 Å². The summed E-state index contributed by atoms with van der Waals surface area (Å²) in [5.41, 5.74) is 0.451. The van der Waals surface area contributed by atoms with Crippen LogP contribution in [0.5, 0.6) is 0 Å². The Hall–Kier alpha value is -1.00. The van der Waals surface area contributed by atoms with E-state index in [-0.39, 0.29) is 17.6 Å². The molecule has 108 valence electrons. The van der Waals surface area contributed by atoms with Gasteiger partial charge in [-0.05, 0) is 48.6 Å². The molecule has 0 saturated heterocycles. The summed E-state index contributed by atoms with van der Waals surface area (Å²) >= 11 is 0. The molecule has 1 aromatic rings. The van der Waals surface area contributed by atoms with E-state index in [2.05, 4.69) is 19.2 Å². The highest BCUT2D eigenvalue weighted by molar-refractivity contribution is 5.19. The van der Waals surface area contributed by atoms with Crippen LogP contribution in [0.15, 0.2) is 18.2 Å². The molecule has 1 N–H and O–H groups in total. The van der Waals surface area contributed by atoms with Crippen LogP contribution in [0.2, 0.25) is 0 Å². The van der Waals surface area contributed by atoms with Crippen LogP contribution >= 0.6 is 0 Å². The summed E-state index contributed by atoms with van der Waals surface area (Å²) in [7, 11) is 1.66. The van der Waals surface area contributed by atoms with Crippen LogP contribution in [0.25, 0.3) is 0 Å². The average Bonchev–Trinajstić information content (AvgIpc) is 2.37. The number of hydrogen-bond donors (Lipinski definition) is 1. The van der Waals surface area contributed by atoms with Crippen molar-refractivity contribution < 1.29 is 13.5 Å². The third kappa shape index (κ3) is 5.66. The first-order valence-electron chi connectivity index (χ1n) is 6.68. The predicted molar refractivity (Wildman–Crippen MR) is 73.1 cm³/mol. The van der Waals surface area contributed by atoms with Gasteiger partial charge < -0.3 is 10.1 Å². The van der Waals surface area contributed by atoms with E-state index in [4.69, 9.17) is 4.74 Å². The molecule has 1 atom stereocenters. The predicted octanol–water partition coefficient (Wildman–Crippen LogP) is 3.02. The quantitative estimate of drug-likeness (QED) is 0.734. The molecule has 0 radical (unpaired) electrons. The molecule has 0 aliphatic rings. The average molecular weight is 271 g/mol. The van der Waals surface area contributed by atoms with Crippen LogP contribution in [-0.4, -0.2) is 26.8 Å². The number of hydrogen-bond acceptors (Lipinski definition) is 2. The number of benzene rings is 1. The third-order valence-electron chi connectivity index (χ3n) is 3.32. The molecule has 1 rings (SSSR count). The number of methoxy groups -OCH3 is 1. The van der Waals surface area contributed by atoms with Crippen molar-refractivity contribution in [1.82, 2.24) is 5.32 Å². The fraction of sp³-hybridized carbons (Fsp3) is 0.600. The second-order valence-corrected chi connectivity index (χ2v) is 5.14. The van der Waals surface area contributed by atoms with E-state index < -0.39 is 0 Å². The van der Waals surface area contributed by atoms with Gasteiger partial charge >= 0.3 is 0 Å². The molecule has 0 spiro atoms. The standard InChI is InChI=1S/C15H23F2NO/c1-11(2)13(10-18-6-7-19-3)8-12-9-14(16)4-5-15(12)17/h4-5,9,11,13,18H,6-8,10H2,1-3H3. The first-order valence-corrected chi connectivity index (χ1v) is 6.68. The third-order valence-corrected chi connectivity index (χ3v) is 3.32. The summed E-state index contributed by atoms with van der Waals surface area (Å²) in [6.07, 6.45) is 0.543. The minimum atomic E-state index is -0.383. The highest BCUT2D eigenvalue weighted by Crippen LogP contribution is 2.19. The maximum atomic E-state index is 13.6. The van der Waals surface area contributed by atoms with E-state index in [1.54, 1.807) is 7.11 Å². The van der Waals surface area contributed by atoms with Gasteiger partial charge in [0, 0.05) is 13.7 Å². The Kier molecular flexibility index (Phi) is 6.95. The Morgan fingerprint density at radius 3 is 2.63 bits per heavy atom. The second kappa shape index (κ2) is 8.23. The van der Waals surface area contributed by atoms with Gasteiger partial charge in [-0.2, -0.15) is 0 Å². The normalized spacial score (nSPS) is 12.9. The number of ether oxygens (including phenoxy) is 1. The van der Waals surface area contributed by atoms with Crippen molar-refractivity contribution in [3.8, 4) is 0 Å². The monoisotopic (exact) mass is 271 g/mol. The number of rotatable bonds is 8. The molecule has 4 heteroatoms. The summed E-state index contributed by atoms with van der Waals surface area (Å²) in [5, 5.41) is 3.28. The van der Waals surface area contributed by atoms with Crippen LogP contribution in [-0.2, 0) is 11.2 Å². The van der Waals surface area contributed by atoms with Crippen LogP contribution < -0.4 is 5.32 Å². The molecule has 1 unspecified atom stereocenters. The molecule has 19 heavy (non-hydrogen) atoms. The molecular weight excluding hydrogens is 248 g/mol. The Morgan fingerprint density at radius 2 is 2.00 bits per heavy atom. The van der Waals surface area contributed by atoms with Crippen LogP contribution in [0.4, 0.5) is 8.78 Å². The van der Waals surface area contributed by atoms with Gasteiger partial charge in [0.05, 0.1) is 6.61 Å². The van der Waals surface area contributed by atoms with Crippen LogP contribution in [0, 0.1) is 23.5 Å². The summed E-state index contributed by atoms with van der Waals surface area (Å²) in [6.45, 7) is 6.39. The zero-order valence-electron chi connectivity index (χ0n) is 11.9. The van der Waals surface area contributed by atoms with Gasteiger partial charge in [-0.1, -0.05) is 13.8 Å². The van der Waals surface area contributed by atoms with Crippen LogP contribution in [0.3, 0.4) is 0 Å². The van der Waals surface area contributed by atoms with E-state index in [1.807, 2.05) is 0 Å². The minimum Gasteiger partial charge on any atom is -0.383 e. The van der Waals surface area contributed by atoms with Gasteiger partial charge in [0.2, 0.25) is 0 Å². The zero-order chi connectivity index (χ0) is 14.3. The summed E-state index contributed by atoms with van der Waals surface area (Å²) in [5.74, 6) is -0.0407. The molecule has 0 saturated carbocycles. The second-order valence-electron chi connectivity index (χ2n) is 5.14. The molecule has 0 amide bonds. The van der Waals surface area contributed by atoms with Gasteiger partial charge in [-0.25, -0.2) is 8.78 Å². The lowest BCUT2D eigenvalue weighted by atomic mass is 9.89. The van der Waals surface area contributed by atoms with Crippen molar-refractivity contribution in [2.45, 2.75) is 20.3 Å². The van der Waals surface area contributed by atoms with Gasteiger partial charge in [0.15, 0.2) is 0 Å². The van der Waals surface area contributed by atoms with Crippen molar-refractivity contribution in [1.29, 1.82) is 0 Å². The van der Waals surface area contributed by atoms with Gasteiger partial charge in [0.25, 0.3) is 0 Å². The lowest BCUT2D eigenvalue weighted by Gasteiger charge is -2.21. The Morgan fingerprint density at radius 1 is 1.26 bits per heavy atom. The van der Waals surface area contributed by atoms with Crippen molar-refractivity contribution in [2.24, 2.45) is 11.8 Å². The number of nitrogens with one attached hydrogen (secondary N) is 1. The van der Waals surface area contributed by atoms with Gasteiger partial charge in [-0.3, -0.25) is 0 Å². The SMILES string of the molecule is COCCNCC(Cc1cc(F)ccc1F)C(C)C. The summed E-state index contributed by atoms with van der Waals surface area (Å²) in [6, 6.07) is 3.64. The molecule has 1 aromatic carbocycles. The molecule has 0 aromatic heterocycles. The zero-order valence-corrected chi connectivity index (χ0v) is 11.9. The Balaban J connectivity index is 2.59. The Labute approximate surface area is 114 Å². The van der Waals surface area contributed by atoms with Crippen molar-refractivity contribution in [3.63, 3.8) is 0 Å². The maximum absolute atomic E-state index is 13.6. The first kappa shape index (κ1) is 16.1. The molecule has 0 bridgehead atoms. The Bertz CT molecular complexity index is 382. The minimum absolute atomic E-state index is 0.271. The van der Waals surface area contributed by atoms with Crippen molar-refractivity contribution in [2.75, 3.05) is 26.8 Å². The highest BCUT2D eigenvalue weighted by atomic mass is 19.1. The van der Waals surface area contributed by atoms with E-state index in [0.717, 1.165) is 19.2 Å². The van der Waals surface area contributed by atoms with Crippen molar-refractivity contribution in [3.05, 3.63) is 35.4 Å².